The molecule has 0 aliphatic rings. The highest BCUT2D eigenvalue weighted by Crippen LogP contribution is 2.34. The summed E-state index contributed by atoms with van der Waals surface area (Å²) >= 11 is 0. The highest BCUT2D eigenvalue weighted by molar-refractivity contribution is 6.11. The number of amides is 2. The van der Waals surface area contributed by atoms with Gasteiger partial charge in [0.1, 0.15) is 23.7 Å². The van der Waals surface area contributed by atoms with Gasteiger partial charge in [-0.3, -0.25) is 14.4 Å². The number of pyridine rings is 1. The van der Waals surface area contributed by atoms with Gasteiger partial charge in [0.15, 0.2) is 11.4 Å². The van der Waals surface area contributed by atoms with Crippen LogP contribution in [-0.4, -0.2) is 58.5 Å². The van der Waals surface area contributed by atoms with Gasteiger partial charge in [-0.15, -0.1) is 0 Å². The van der Waals surface area contributed by atoms with Crippen molar-refractivity contribution in [3.05, 3.63) is 59.9 Å². The number of hydrogen-bond acceptors (Lipinski definition) is 6. The molecule has 3 rings (SSSR count). The molecular formula is C21H19N3O6. The molecule has 1 heterocycles. The number of benzene rings is 2. The number of aliphatic carboxylic acids is 1. The molecule has 30 heavy (non-hydrogen) atoms. The number of nitrogens with one attached hydrogen (secondary N) is 1. The van der Waals surface area contributed by atoms with Crippen LogP contribution in [0.2, 0.25) is 0 Å². The SMILES string of the molecule is CN(C)C(=O)c1nc(C(=O)NCC(=O)O)c(O)c2ccc(Oc3ccccc3)cc12. The smallest absolute Gasteiger partial charge is 0.322 e. The standard InChI is InChI=1S/C21H19N3O6/c1-24(2)21(29)17-15-10-13(30-12-6-4-3-5-7-12)8-9-14(15)19(27)18(23-17)20(28)22-11-16(25)26/h3-10,27H,11H2,1-2H3,(H,22,28)(H,25,26). The fourth-order valence-corrected chi connectivity index (χ4v) is 2.74. The predicted octanol–water partition coefficient (Wildman–Crippen LogP) is 2.25. The zero-order valence-electron chi connectivity index (χ0n) is 16.2. The van der Waals surface area contributed by atoms with Gasteiger partial charge in [-0.05, 0) is 30.3 Å². The highest BCUT2D eigenvalue weighted by Gasteiger charge is 2.24. The molecule has 3 N–H and O–H groups in total. The van der Waals surface area contributed by atoms with Crippen molar-refractivity contribution in [2.24, 2.45) is 0 Å². The fourth-order valence-electron chi connectivity index (χ4n) is 2.74. The van der Waals surface area contributed by atoms with Crippen LogP contribution < -0.4 is 10.1 Å². The van der Waals surface area contributed by atoms with Crippen molar-refractivity contribution in [2.75, 3.05) is 20.6 Å². The monoisotopic (exact) mass is 409 g/mol. The molecule has 154 valence electrons. The number of ether oxygens (including phenoxy) is 1. The molecule has 0 aliphatic carbocycles. The number of para-hydroxylation sites is 1. The van der Waals surface area contributed by atoms with E-state index in [0.29, 0.717) is 11.5 Å². The number of aromatic nitrogens is 1. The van der Waals surface area contributed by atoms with E-state index in [4.69, 9.17) is 9.84 Å². The summed E-state index contributed by atoms with van der Waals surface area (Å²) in [5.74, 6) is -2.13. The maximum Gasteiger partial charge on any atom is 0.322 e. The number of hydrogen-bond donors (Lipinski definition) is 3. The third kappa shape index (κ3) is 4.30. The first-order valence-corrected chi connectivity index (χ1v) is 8.89. The molecule has 0 atom stereocenters. The Balaban J connectivity index is 2.12. The maximum absolute atomic E-state index is 12.7. The van der Waals surface area contributed by atoms with Crippen LogP contribution in [0.5, 0.6) is 17.2 Å². The molecule has 9 nitrogen and oxygen atoms in total. The Bertz CT molecular complexity index is 1130. The van der Waals surface area contributed by atoms with Gasteiger partial charge in [0.25, 0.3) is 11.8 Å². The maximum atomic E-state index is 12.7. The molecule has 0 unspecified atom stereocenters. The van der Waals surface area contributed by atoms with Crippen molar-refractivity contribution in [1.29, 1.82) is 0 Å². The number of nitrogens with zero attached hydrogens (tertiary/aromatic N) is 2. The van der Waals surface area contributed by atoms with Gasteiger partial charge in [0, 0.05) is 24.9 Å². The average molecular weight is 409 g/mol. The fraction of sp³-hybridized carbons (Fsp3) is 0.143. The number of carboxylic acids is 1. The number of carbonyl (C=O) groups is 3. The van der Waals surface area contributed by atoms with Gasteiger partial charge in [-0.25, -0.2) is 4.98 Å². The van der Waals surface area contributed by atoms with Gasteiger partial charge in [-0.2, -0.15) is 0 Å². The minimum atomic E-state index is -1.25. The molecule has 2 amide bonds. The van der Waals surface area contributed by atoms with Crippen molar-refractivity contribution < 1.29 is 29.3 Å². The first-order chi connectivity index (χ1) is 14.3. The van der Waals surface area contributed by atoms with Gasteiger partial charge < -0.3 is 25.2 Å². The van der Waals surface area contributed by atoms with Crippen LogP contribution in [0.1, 0.15) is 21.0 Å². The lowest BCUT2D eigenvalue weighted by Crippen LogP contribution is -2.31. The molecule has 0 saturated carbocycles. The number of rotatable bonds is 6. The molecule has 0 fully saturated rings. The molecule has 3 aromatic rings. The third-order valence-electron chi connectivity index (χ3n) is 4.15. The second kappa shape index (κ2) is 8.48. The molecule has 0 radical (unpaired) electrons. The number of carboxylic acid groups (broad SMARTS) is 1. The summed E-state index contributed by atoms with van der Waals surface area (Å²) in [6.07, 6.45) is 0. The summed E-state index contributed by atoms with van der Waals surface area (Å²) in [6, 6.07) is 13.6. The second-order valence-corrected chi connectivity index (χ2v) is 6.56. The first kappa shape index (κ1) is 20.6. The van der Waals surface area contributed by atoms with Crippen LogP contribution in [0.3, 0.4) is 0 Å². The second-order valence-electron chi connectivity index (χ2n) is 6.56. The van der Waals surface area contributed by atoms with E-state index >= 15 is 0 Å². The van der Waals surface area contributed by atoms with E-state index in [-0.39, 0.29) is 16.5 Å². The van der Waals surface area contributed by atoms with Crippen LogP contribution in [0.4, 0.5) is 0 Å². The Morgan fingerprint density at radius 3 is 2.33 bits per heavy atom. The largest absolute Gasteiger partial charge is 0.505 e. The zero-order chi connectivity index (χ0) is 21.8. The van der Waals surface area contributed by atoms with Gasteiger partial charge in [-0.1, -0.05) is 18.2 Å². The lowest BCUT2D eigenvalue weighted by Gasteiger charge is -2.15. The minimum absolute atomic E-state index is 0.0770. The quantitative estimate of drug-likeness (QED) is 0.569. The summed E-state index contributed by atoms with van der Waals surface area (Å²) < 4.78 is 5.79. The van der Waals surface area contributed by atoms with E-state index in [1.54, 1.807) is 24.3 Å². The lowest BCUT2D eigenvalue weighted by molar-refractivity contribution is -0.135. The summed E-state index contributed by atoms with van der Waals surface area (Å²) in [5, 5.41) is 21.9. The van der Waals surface area contributed by atoms with E-state index in [0.717, 1.165) is 0 Å². The first-order valence-electron chi connectivity index (χ1n) is 8.89. The molecule has 0 spiro atoms. The van der Waals surface area contributed by atoms with Crippen molar-refractivity contribution >= 4 is 28.6 Å². The predicted molar refractivity (Wildman–Crippen MR) is 108 cm³/mol. The normalized spacial score (nSPS) is 10.5. The molecule has 2 aromatic carbocycles. The topological polar surface area (TPSA) is 129 Å². The third-order valence-corrected chi connectivity index (χ3v) is 4.15. The number of carbonyl (C=O) groups excluding carboxylic acids is 2. The van der Waals surface area contributed by atoms with Crippen molar-refractivity contribution in [1.82, 2.24) is 15.2 Å². The molecule has 1 aromatic heterocycles. The minimum Gasteiger partial charge on any atom is -0.505 e. The zero-order valence-corrected chi connectivity index (χ0v) is 16.2. The van der Waals surface area contributed by atoms with E-state index in [1.165, 1.54) is 25.1 Å². The van der Waals surface area contributed by atoms with Crippen molar-refractivity contribution in [3.8, 4) is 17.2 Å². The van der Waals surface area contributed by atoms with Crippen LogP contribution >= 0.6 is 0 Å². The molecule has 0 bridgehead atoms. The Hall–Kier alpha value is -4.14. The van der Waals surface area contributed by atoms with Crippen LogP contribution in [0.15, 0.2) is 48.5 Å². The van der Waals surface area contributed by atoms with E-state index < -0.39 is 35.8 Å². The number of aromatic hydroxyl groups is 1. The van der Waals surface area contributed by atoms with E-state index in [2.05, 4.69) is 10.3 Å². The summed E-state index contributed by atoms with van der Waals surface area (Å²) in [6.45, 7) is -0.654. The van der Waals surface area contributed by atoms with Gasteiger partial charge in [0.05, 0.1) is 0 Å². The van der Waals surface area contributed by atoms with Crippen molar-refractivity contribution in [3.63, 3.8) is 0 Å². The molecular weight excluding hydrogens is 390 g/mol. The van der Waals surface area contributed by atoms with E-state index in [1.807, 2.05) is 18.2 Å². The lowest BCUT2D eigenvalue weighted by atomic mass is 10.1. The van der Waals surface area contributed by atoms with E-state index in [9.17, 15) is 19.5 Å². The van der Waals surface area contributed by atoms with Crippen LogP contribution in [0, 0.1) is 0 Å². The Morgan fingerprint density at radius 2 is 1.70 bits per heavy atom. The summed E-state index contributed by atoms with van der Waals surface area (Å²) in [5.41, 5.74) is -0.516. The molecule has 9 heteroatoms. The number of fused-ring (bicyclic) bond motifs is 1. The Kier molecular flexibility index (Phi) is 5.82. The molecule has 0 saturated heterocycles. The van der Waals surface area contributed by atoms with Crippen molar-refractivity contribution in [2.45, 2.75) is 0 Å². The highest BCUT2D eigenvalue weighted by atomic mass is 16.5. The Morgan fingerprint density at radius 1 is 1.00 bits per heavy atom. The van der Waals surface area contributed by atoms with Crippen LogP contribution in [-0.2, 0) is 4.79 Å². The van der Waals surface area contributed by atoms with Gasteiger partial charge >= 0.3 is 5.97 Å². The summed E-state index contributed by atoms with van der Waals surface area (Å²) in [7, 11) is 3.05. The molecule has 0 aliphatic heterocycles. The van der Waals surface area contributed by atoms with Crippen LogP contribution in [0.25, 0.3) is 10.8 Å². The average Bonchev–Trinajstić information content (AvgIpc) is 2.72. The Labute approximate surface area is 171 Å². The summed E-state index contributed by atoms with van der Waals surface area (Å²) in [4.78, 5) is 41.1. The van der Waals surface area contributed by atoms with Gasteiger partial charge in [0.2, 0.25) is 0 Å².